The first kappa shape index (κ1) is 6.49. The van der Waals surface area contributed by atoms with Crippen LogP contribution >= 0.6 is 11.6 Å². The Hall–Kier alpha value is -1.22. The molecule has 0 fully saturated rings. The van der Waals surface area contributed by atoms with Gasteiger partial charge in [-0.1, -0.05) is 11.6 Å². The van der Waals surface area contributed by atoms with Gasteiger partial charge in [0, 0.05) is 11.1 Å². The van der Waals surface area contributed by atoms with Gasteiger partial charge >= 0.3 is 0 Å². The van der Waals surface area contributed by atoms with Gasteiger partial charge in [-0.05, 0) is 6.07 Å². The summed E-state index contributed by atoms with van der Waals surface area (Å²) >= 11 is 5.71. The van der Waals surface area contributed by atoms with Crippen LogP contribution in [0.25, 0.3) is 11.1 Å². The zero-order chi connectivity index (χ0) is 7.84. The van der Waals surface area contributed by atoms with E-state index in [1.54, 1.807) is 12.1 Å². The van der Waals surface area contributed by atoms with E-state index in [0.717, 1.165) is 0 Å². The molecule has 2 aromatic rings. The Bertz CT molecular complexity index is 396. The van der Waals surface area contributed by atoms with Gasteiger partial charge in [0.25, 0.3) is 0 Å². The number of benzene rings is 1. The molecule has 0 saturated heterocycles. The van der Waals surface area contributed by atoms with Crippen molar-refractivity contribution in [1.82, 2.24) is 4.98 Å². The van der Waals surface area contributed by atoms with E-state index < -0.39 is 0 Å². The molecule has 3 nitrogen and oxygen atoms in total. The molecule has 2 N–H and O–H groups in total. The number of nitrogens with two attached hydrogens (primary N) is 1. The van der Waals surface area contributed by atoms with Gasteiger partial charge in [0.15, 0.2) is 12.0 Å². The molecule has 1 aromatic carbocycles. The predicted molar refractivity (Wildman–Crippen MR) is 43.4 cm³/mol. The van der Waals surface area contributed by atoms with Gasteiger partial charge in [0.05, 0.1) is 5.69 Å². The summed E-state index contributed by atoms with van der Waals surface area (Å²) in [5.41, 5.74) is 7.42. The van der Waals surface area contributed by atoms with Crippen LogP contribution in [-0.2, 0) is 0 Å². The van der Waals surface area contributed by atoms with Crippen molar-refractivity contribution in [3.8, 4) is 0 Å². The van der Waals surface area contributed by atoms with Crippen LogP contribution in [0.4, 0.5) is 5.69 Å². The van der Waals surface area contributed by atoms with Crippen molar-refractivity contribution in [3.05, 3.63) is 23.5 Å². The van der Waals surface area contributed by atoms with Crippen molar-refractivity contribution in [2.75, 3.05) is 5.73 Å². The summed E-state index contributed by atoms with van der Waals surface area (Å²) < 4.78 is 5.00. The summed E-state index contributed by atoms with van der Waals surface area (Å²) in [4.78, 5) is 3.91. The minimum atomic E-state index is 0.543. The second-order valence-corrected chi connectivity index (χ2v) is 2.63. The molecular formula is C7H5ClN2O. The van der Waals surface area contributed by atoms with Gasteiger partial charge in [0.2, 0.25) is 0 Å². The molecular weight excluding hydrogens is 164 g/mol. The van der Waals surface area contributed by atoms with Crippen molar-refractivity contribution < 1.29 is 4.42 Å². The molecule has 0 unspecified atom stereocenters. The zero-order valence-electron chi connectivity index (χ0n) is 5.54. The highest BCUT2D eigenvalue weighted by Crippen LogP contribution is 2.23. The van der Waals surface area contributed by atoms with E-state index in [2.05, 4.69) is 4.98 Å². The van der Waals surface area contributed by atoms with E-state index in [0.29, 0.717) is 21.8 Å². The molecule has 1 heterocycles. The summed E-state index contributed by atoms with van der Waals surface area (Å²) in [6.07, 6.45) is 1.34. The number of anilines is 1. The Kier molecular flexibility index (Phi) is 1.26. The van der Waals surface area contributed by atoms with Crippen LogP contribution in [0.2, 0.25) is 5.02 Å². The highest BCUT2D eigenvalue weighted by atomic mass is 35.5. The van der Waals surface area contributed by atoms with Gasteiger partial charge in [0.1, 0.15) is 5.52 Å². The number of rotatable bonds is 0. The van der Waals surface area contributed by atoms with Crippen molar-refractivity contribution in [2.45, 2.75) is 0 Å². The molecule has 0 spiro atoms. The first-order valence-corrected chi connectivity index (χ1v) is 3.43. The summed E-state index contributed by atoms with van der Waals surface area (Å²) in [5.74, 6) is 0. The largest absolute Gasteiger partial charge is 0.443 e. The van der Waals surface area contributed by atoms with Crippen LogP contribution < -0.4 is 5.73 Å². The Balaban J connectivity index is 2.91. The Morgan fingerprint density at radius 1 is 1.45 bits per heavy atom. The molecule has 0 radical (unpaired) electrons. The number of nitrogen functional groups attached to an aromatic ring is 1. The zero-order valence-corrected chi connectivity index (χ0v) is 6.30. The molecule has 0 aliphatic carbocycles. The quantitative estimate of drug-likeness (QED) is 0.613. The molecule has 0 saturated carbocycles. The molecule has 1 aromatic heterocycles. The van der Waals surface area contributed by atoms with Crippen LogP contribution in [0.1, 0.15) is 0 Å². The smallest absolute Gasteiger partial charge is 0.182 e. The lowest BCUT2D eigenvalue weighted by Gasteiger charge is -1.93. The van der Waals surface area contributed by atoms with Crippen molar-refractivity contribution in [1.29, 1.82) is 0 Å². The van der Waals surface area contributed by atoms with E-state index >= 15 is 0 Å². The fourth-order valence-electron chi connectivity index (χ4n) is 0.958. The van der Waals surface area contributed by atoms with Crippen molar-refractivity contribution >= 4 is 28.4 Å². The molecule has 0 bridgehead atoms. The third kappa shape index (κ3) is 0.935. The number of hydrogen-bond donors (Lipinski definition) is 1. The lowest BCUT2D eigenvalue weighted by atomic mass is 10.3. The number of oxazole rings is 1. The highest BCUT2D eigenvalue weighted by molar-refractivity contribution is 6.31. The predicted octanol–water partition coefficient (Wildman–Crippen LogP) is 2.06. The molecule has 0 aliphatic heterocycles. The van der Waals surface area contributed by atoms with E-state index in [1.807, 2.05) is 0 Å². The van der Waals surface area contributed by atoms with Gasteiger partial charge in [-0.15, -0.1) is 0 Å². The second-order valence-electron chi connectivity index (χ2n) is 2.19. The molecule has 2 rings (SSSR count). The normalized spacial score (nSPS) is 10.6. The molecule has 0 amide bonds. The highest BCUT2D eigenvalue weighted by Gasteiger charge is 2.03. The maximum Gasteiger partial charge on any atom is 0.182 e. The monoisotopic (exact) mass is 168 g/mol. The maximum absolute atomic E-state index is 5.71. The summed E-state index contributed by atoms with van der Waals surface area (Å²) in [6, 6.07) is 3.33. The molecule has 56 valence electrons. The van der Waals surface area contributed by atoms with Gasteiger partial charge in [-0.2, -0.15) is 0 Å². The summed E-state index contributed by atoms with van der Waals surface area (Å²) in [5, 5.41) is 0.562. The van der Waals surface area contributed by atoms with Gasteiger partial charge in [-0.3, -0.25) is 0 Å². The minimum Gasteiger partial charge on any atom is -0.443 e. The number of aromatic nitrogens is 1. The molecule has 4 heteroatoms. The SMILES string of the molecule is Nc1cc(Cl)cc2ocnc12. The number of fused-ring (bicyclic) bond motifs is 1. The lowest BCUT2D eigenvalue weighted by Crippen LogP contribution is -1.85. The minimum absolute atomic E-state index is 0.543. The lowest BCUT2D eigenvalue weighted by molar-refractivity contribution is 0.602. The standard InChI is InChI=1S/C7H5ClN2O/c8-4-1-5(9)7-6(2-4)11-3-10-7/h1-3H,9H2. The van der Waals surface area contributed by atoms with Crippen molar-refractivity contribution in [2.24, 2.45) is 0 Å². The average Bonchev–Trinajstić information content (AvgIpc) is 2.34. The van der Waals surface area contributed by atoms with E-state index in [9.17, 15) is 0 Å². The van der Waals surface area contributed by atoms with Gasteiger partial charge < -0.3 is 10.2 Å². The van der Waals surface area contributed by atoms with Crippen LogP contribution in [0.5, 0.6) is 0 Å². The number of halogens is 1. The number of hydrogen-bond acceptors (Lipinski definition) is 3. The summed E-state index contributed by atoms with van der Waals surface area (Å²) in [7, 11) is 0. The maximum atomic E-state index is 5.71. The van der Waals surface area contributed by atoms with E-state index in [4.69, 9.17) is 21.8 Å². The molecule has 11 heavy (non-hydrogen) atoms. The first-order valence-electron chi connectivity index (χ1n) is 3.05. The second kappa shape index (κ2) is 2.13. The average molecular weight is 169 g/mol. The van der Waals surface area contributed by atoms with E-state index in [1.165, 1.54) is 6.39 Å². The van der Waals surface area contributed by atoms with Crippen LogP contribution in [0.15, 0.2) is 22.9 Å². The van der Waals surface area contributed by atoms with Gasteiger partial charge in [-0.25, -0.2) is 4.98 Å². The van der Waals surface area contributed by atoms with Crippen LogP contribution in [0.3, 0.4) is 0 Å². The van der Waals surface area contributed by atoms with E-state index in [-0.39, 0.29) is 0 Å². The Labute approximate surface area is 67.8 Å². The van der Waals surface area contributed by atoms with Crippen molar-refractivity contribution in [3.63, 3.8) is 0 Å². The third-order valence-corrected chi connectivity index (χ3v) is 1.65. The topological polar surface area (TPSA) is 52.0 Å². The van der Waals surface area contributed by atoms with Crippen LogP contribution in [-0.4, -0.2) is 4.98 Å². The number of nitrogens with zero attached hydrogens (tertiary/aromatic N) is 1. The first-order chi connectivity index (χ1) is 5.27. The third-order valence-electron chi connectivity index (χ3n) is 1.43. The fourth-order valence-corrected chi connectivity index (χ4v) is 1.17. The Morgan fingerprint density at radius 2 is 2.27 bits per heavy atom. The van der Waals surface area contributed by atoms with Crippen LogP contribution in [0, 0.1) is 0 Å². The molecule has 0 aliphatic rings. The molecule has 0 atom stereocenters. The fraction of sp³-hybridized carbons (Fsp3) is 0. The summed E-state index contributed by atoms with van der Waals surface area (Å²) in [6.45, 7) is 0. The Morgan fingerprint density at radius 3 is 3.09 bits per heavy atom.